The number of nitrogens with zero attached hydrogens (tertiary/aromatic N) is 1. The minimum Gasteiger partial charge on any atom is -0.310 e. The Balaban J connectivity index is 2.32. The van der Waals surface area contributed by atoms with E-state index in [-0.39, 0.29) is 0 Å². The first-order chi connectivity index (χ1) is 8.05. The summed E-state index contributed by atoms with van der Waals surface area (Å²) in [4.78, 5) is 2.51. The Morgan fingerprint density at radius 2 is 1.59 bits per heavy atom. The zero-order chi connectivity index (χ0) is 12.8. The molecule has 1 aliphatic carbocycles. The van der Waals surface area contributed by atoms with Gasteiger partial charge in [0.05, 0.1) is 0 Å². The largest absolute Gasteiger partial charge is 0.310 e. The molecule has 1 rings (SSSR count). The summed E-state index contributed by atoms with van der Waals surface area (Å²) in [5.41, 5.74) is 0. The maximum atomic E-state index is 3.84. The Bertz CT molecular complexity index is 191. The maximum Gasteiger partial charge on any atom is 0.0169 e. The van der Waals surface area contributed by atoms with Gasteiger partial charge < -0.3 is 10.2 Å². The van der Waals surface area contributed by atoms with E-state index in [2.05, 4.69) is 44.8 Å². The number of likely N-dealkylation sites (N-methyl/N-ethyl adjacent to an activating group) is 1. The van der Waals surface area contributed by atoms with Crippen LogP contribution in [0.5, 0.6) is 0 Å². The van der Waals surface area contributed by atoms with Crippen molar-refractivity contribution in [3.05, 3.63) is 0 Å². The first-order valence-corrected chi connectivity index (χ1v) is 7.53. The zero-order valence-corrected chi connectivity index (χ0v) is 12.5. The molecule has 0 aromatic carbocycles. The smallest absolute Gasteiger partial charge is 0.0169 e. The predicted molar refractivity (Wildman–Crippen MR) is 76.4 cm³/mol. The zero-order valence-electron chi connectivity index (χ0n) is 12.5. The third-order valence-corrected chi connectivity index (χ3v) is 4.13. The van der Waals surface area contributed by atoms with Crippen molar-refractivity contribution in [2.75, 3.05) is 19.6 Å². The van der Waals surface area contributed by atoms with Crippen LogP contribution in [-0.2, 0) is 0 Å². The van der Waals surface area contributed by atoms with Crippen LogP contribution in [0.4, 0.5) is 0 Å². The summed E-state index contributed by atoms with van der Waals surface area (Å²) in [5.74, 6) is 1.80. The van der Waals surface area contributed by atoms with Crippen molar-refractivity contribution in [1.29, 1.82) is 0 Å². The summed E-state index contributed by atoms with van der Waals surface area (Å²) in [6, 6.07) is 1.37. The average Bonchev–Trinajstić information content (AvgIpc) is 2.24. The van der Waals surface area contributed by atoms with E-state index in [0.717, 1.165) is 17.9 Å². The molecule has 0 heterocycles. The molecule has 1 saturated carbocycles. The molecule has 1 aliphatic rings. The average molecular weight is 240 g/mol. The van der Waals surface area contributed by atoms with E-state index in [9.17, 15) is 0 Å². The first kappa shape index (κ1) is 15.0. The summed E-state index contributed by atoms with van der Waals surface area (Å²) < 4.78 is 0. The summed E-state index contributed by atoms with van der Waals surface area (Å²) in [6.07, 6.45) is 4.16. The second-order valence-electron chi connectivity index (χ2n) is 6.17. The normalized spacial score (nSPS) is 31.8. The minimum atomic E-state index is 0.623. The molecule has 2 nitrogen and oxygen atoms in total. The van der Waals surface area contributed by atoms with Gasteiger partial charge in [0.15, 0.2) is 0 Å². The topological polar surface area (TPSA) is 15.3 Å². The van der Waals surface area contributed by atoms with Crippen LogP contribution in [-0.4, -0.2) is 36.6 Å². The molecular weight excluding hydrogens is 208 g/mol. The SMILES string of the molecule is CCN(CC)CC(C)NC1CC(C)CC(C)C1. The maximum absolute atomic E-state index is 3.84. The van der Waals surface area contributed by atoms with E-state index >= 15 is 0 Å². The molecule has 2 heteroatoms. The molecule has 0 bridgehead atoms. The van der Waals surface area contributed by atoms with E-state index in [1.54, 1.807) is 0 Å². The van der Waals surface area contributed by atoms with Gasteiger partial charge in [-0.25, -0.2) is 0 Å². The highest BCUT2D eigenvalue weighted by Gasteiger charge is 2.24. The highest BCUT2D eigenvalue weighted by atomic mass is 15.1. The molecule has 0 aromatic rings. The highest BCUT2D eigenvalue weighted by molar-refractivity contribution is 4.82. The Hall–Kier alpha value is -0.0800. The Labute approximate surface area is 108 Å². The summed E-state index contributed by atoms with van der Waals surface area (Å²) >= 11 is 0. The van der Waals surface area contributed by atoms with Crippen LogP contribution in [0.1, 0.15) is 53.9 Å². The first-order valence-electron chi connectivity index (χ1n) is 7.53. The van der Waals surface area contributed by atoms with E-state index in [1.807, 2.05) is 0 Å². The quantitative estimate of drug-likeness (QED) is 0.767. The van der Waals surface area contributed by atoms with Crippen molar-refractivity contribution in [3.63, 3.8) is 0 Å². The molecule has 3 atom stereocenters. The van der Waals surface area contributed by atoms with Gasteiger partial charge in [0.2, 0.25) is 0 Å². The van der Waals surface area contributed by atoms with Crippen LogP contribution >= 0.6 is 0 Å². The lowest BCUT2D eigenvalue weighted by molar-refractivity contribution is 0.204. The molecule has 0 aromatic heterocycles. The fourth-order valence-electron chi connectivity index (χ4n) is 3.41. The Kier molecular flexibility index (Phi) is 6.50. The molecule has 0 amide bonds. The van der Waals surface area contributed by atoms with E-state index in [0.29, 0.717) is 6.04 Å². The van der Waals surface area contributed by atoms with Crippen LogP contribution in [0.2, 0.25) is 0 Å². The van der Waals surface area contributed by atoms with Crippen LogP contribution in [0, 0.1) is 11.8 Å². The molecule has 3 unspecified atom stereocenters. The van der Waals surface area contributed by atoms with Crippen LogP contribution in [0.25, 0.3) is 0 Å². The molecular formula is C15H32N2. The van der Waals surface area contributed by atoms with E-state index < -0.39 is 0 Å². The van der Waals surface area contributed by atoms with Gasteiger partial charge in [-0.2, -0.15) is 0 Å². The van der Waals surface area contributed by atoms with Crippen molar-refractivity contribution in [1.82, 2.24) is 10.2 Å². The van der Waals surface area contributed by atoms with Gasteiger partial charge >= 0.3 is 0 Å². The molecule has 0 aliphatic heterocycles. The Morgan fingerprint density at radius 1 is 1.06 bits per heavy atom. The molecule has 1 N–H and O–H groups in total. The number of hydrogen-bond donors (Lipinski definition) is 1. The fraction of sp³-hybridized carbons (Fsp3) is 1.00. The molecule has 1 fully saturated rings. The van der Waals surface area contributed by atoms with Gasteiger partial charge in [-0.1, -0.05) is 27.7 Å². The summed E-state index contributed by atoms with van der Waals surface area (Å²) in [5, 5.41) is 3.84. The third kappa shape index (κ3) is 5.39. The van der Waals surface area contributed by atoms with Gasteiger partial charge in [-0.15, -0.1) is 0 Å². The lowest BCUT2D eigenvalue weighted by Crippen LogP contribution is -2.46. The van der Waals surface area contributed by atoms with Crippen molar-refractivity contribution in [2.45, 2.75) is 66.0 Å². The lowest BCUT2D eigenvalue weighted by Gasteiger charge is -2.35. The van der Waals surface area contributed by atoms with Gasteiger partial charge in [-0.3, -0.25) is 0 Å². The predicted octanol–water partition coefficient (Wildman–Crippen LogP) is 3.13. The monoisotopic (exact) mass is 240 g/mol. The second-order valence-corrected chi connectivity index (χ2v) is 6.17. The third-order valence-electron chi connectivity index (χ3n) is 4.13. The van der Waals surface area contributed by atoms with Crippen molar-refractivity contribution in [3.8, 4) is 0 Å². The second kappa shape index (κ2) is 7.38. The minimum absolute atomic E-state index is 0.623. The molecule has 0 saturated heterocycles. The lowest BCUT2D eigenvalue weighted by atomic mass is 9.80. The molecule has 102 valence electrons. The number of rotatable bonds is 6. The molecule has 0 spiro atoms. The van der Waals surface area contributed by atoms with Gasteiger partial charge in [0, 0.05) is 18.6 Å². The van der Waals surface area contributed by atoms with Gasteiger partial charge in [0.1, 0.15) is 0 Å². The standard InChI is InChI=1S/C15H32N2/c1-6-17(7-2)11-14(5)16-15-9-12(3)8-13(4)10-15/h12-16H,6-11H2,1-5H3. The summed E-state index contributed by atoms with van der Waals surface area (Å²) in [7, 11) is 0. The van der Waals surface area contributed by atoms with E-state index in [4.69, 9.17) is 0 Å². The fourth-order valence-corrected chi connectivity index (χ4v) is 3.41. The van der Waals surface area contributed by atoms with Crippen molar-refractivity contribution in [2.24, 2.45) is 11.8 Å². The summed E-state index contributed by atoms with van der Waals surface area (Å²) in [6.45, 7) is 15.2. The van der Waals surface area contributed by atoms with Crippen molar-refractivity contribution < 1.29 is 0 Å². The number of hydrogen-bond acceptors (Lipinski definition) is 2. The highest BCUT2D eigenvalue weighted by Crippen LogP contribution is 2.28. The Morgan fingerprint density at radius 3 is 2.06 bits per heavy atom. The molecule has 17 heavy (non-hydrogen) atoms. The number of nitrogens with one attached hydrogen (secondary N) is 1. The van der Waals surface area contributed by atoms with Gasteiger partial charge in [0.25, 0.3) is 0 Å². The van der Waals surface area contributed by atoms with E-state index in [1.165, 1.54) is 38.9 Å². The molecule has 0 radical (unpaired) electrons. The van der Waals surface area contributed by atoms with Crippen LogP contribution in [0.3, 0.4) is 0 Å². The van der Waals surface area contributed by atoms with Gasteiger partial charge in [-0.05, 0) is 51.1 Å². The van der Waals surface area contributed by atoms with Crippen LogP contribution < -0.4 is 5.32 Å². The van der Waals surface area contributed by atoms with Crippen molar-refractivity contribution >= 4 is 0 Å². The van der Waals surface area contributed by atoms with Crippen LogP contribution in [0.15, 0.2) is 0 Å².